The predicted octanol–water partition coefficient (Wildman–Crippen LogP) is 5.08. The van der Waals surface area contributed by atoms with Crippen molar-refractivity contribution in [3.8, 4) is 16.9 Å². The van der Waals surface area contributed by atoms with Crippen molar-refractivity contribution >= 4 is 5.97 Å². The number of rotatable bonds is 4. The number of benzene rings is 3. The number of carboxylic acids is 1. The maximum Gasteiger partial charge on any atom is 0.339 e. The van der Waals surface area contributed by atoms with Gasteiger partial charge >= 0.3 is 5.97 Å². The van der Waals surface area contributed by atoms with Gasteiger partial charge in [0.1, 0.15) is 11.3 Å². The van der Waals surface area contributed by atoms with Crippen molar-refractivity contribution in [3.05, 3.63) is 89.5 Å². The number of hydrogen-bond acceptors (Lipinski definition) is 2. The van der Waals surface area contributed by atoms with Gasteiger partial charge in [0, 0.05) is 11.0 Å². The molecule has 0 spiro atoms. The highest BCUT2D eigenvalue weighted by atomic mass is 16.4. The van der Waals surface area contributed by atoms with E-state index in [2.05, 4.69) is 13.8 Å². The highest BCUT2D eigenvalue weighted by molar-refractivity contribution is 5.94. The highest BCUT2D eigenvalue weighted by Gasteiger charge is 2.27. The molecule has 3 rings (SSSR count). The van der Waals surface area contributed by atoms with E-state index >= 15 is 0 Å². The zero-order valence-corrected chi connectivity index (χ0v) is 14.2. The van der Waals surface area contributed by atoms with E-state index in [0.717, 1.165) is 16.7 Å². The molecule has 0 bridgehead atoms. The summed E-state index contributed by atoms with van der Waals surface area (Å²) in [7, 11) is 0. The van der Waals surface area contributed by atoms with Crippen molar-refractivity contribution in [2.75, 3.05) is 0 Å². The minimum atomic E-state index is -1.14. The van der Waals surface area contributed by atoms with Gasteiger partial charge in [0.05, 0.1) is 0 Å². The van der Waals surface area contributed by atoms with Crippen molar-refractivity contribution in [2.24, 2.45) is 0 Å². The lowest BCUT2D eigenvalue weighted by Gasteiger charge is -2.27. The molecular weight excluding hydrogens is 312 g/mol. The molecule has 0 heterocycles. The molecule has 3 nitrogen and oxygen atoms in total. The lowest BCUT2D eigenvalue weighted by molar-refractivity contribution is 0.0693. The minimum Gasteiger partial charge on any atom is -0.506 e. The van der Waals surface area contributed by atoms with Gasteiger partial charge in [-0.05, 0) is 28.8 Å². The van der Waals surface area contributed by atoms with E-state index < -0.39 is 11.4 Å². The van der Waals surface area contributed by atoms with Gasteiger partial charge in [-0.25, -0.2) is 4.79 Å². The zero-order valence-electron chi connectivity index (χ0n) is 14.2. The number of hydrogen-bond donors (Lipinski definition) is 2. The third kappa shape index (κ3) is 3.13. The molecule has 3 aromatic rings. The maximum atomic E-state index is 11.7. The quantitative estimate of drug-likeness (QED) is 0.700. The number of carbonyl (C=O) groups is 1. The zero-order chi connectivity index (χ0) is 18.0. The van der Waals surface area contributed by atoms with Crippen LogP contribution >= 0.6 is 0 Å². The van der Waals surface area contributed by atoms with Gasteiger partial charge in [0.25, 0.3) is 0 Å². The van der Waals surface area contributed by atoms with Crippen molar-refractivity contribution in [3.63, 3.8) is 0 Å². The van der Waals surface area contributed by atoms with Crippen LogP contribution in [0.4, 0.5) is 0 Å². The molecule has 0 saturated heterocycles. The summed E-state index contributed by atoms with van der Waals surface area (Å²) < 4.78 is 0. The molecule has 25 heavy (non-hydrogen) atoms. The average Bonchev–Trinajstić information content (AvgIpc) is 2.63. The molecule has 0 aliphatic heterocycles. The monoisotopic (exact) mass is 332 g/mol. The van der Waals surface area contributed by atoms with Crippen molar-refractivity contribution in [2.45, 2.75) is 19.3 Å². The van der Waals surface area contributed by atoms with Crippen LogP contribution in [-0.2, 0) is 5.41 Å². The van der Waals surface area contributed by atoms with Crippen LogP contribution in [0.5, 0.6) is 5.75 Å². The Labute approximate surface area is 147 Å². The van der Waals surface area contributed by atoms with Gasteiger partial charge in [0.15, 0.2) is 0 Å². The Morgan fingerprint density at radius 2 is 1.40 bits per heavy atom. The Bertz CT molecular complexity index is 897. The molecule has 0 fully saturated rings. The lowest BCUT2D eigenvalue weighted by Crippen LogP contribution is -2.19. The molecule has 0 atom stereocenters. The molecule has 0 aliphatic carbocycles. The Morgan fingerprint density at radius 1 is 0.840 bits per heavy atom. The lowest BCUT2D eigenvalue weighted by atomic mass is 9.76. The molecule has 0 unspecified atom stereocenters. The van der Waals surface area contributed by atoms with Crippen molar-refractivity contribution in [1.29, 1.82) is 0 Å². The first-order valence-electron chi connectivity index (χ1n) is 8.13. The van der Waals surface area contributed by atoms with Crippen molar-refractivity contribution < 1.29 is 15.0 Å². The average molecular weight is 332 g/mol. The number of carboxylic acid groups (broad SMARTS) is 1. The van der Waals surface area contributed by atoms with Gasteiger partial charge in [-0.15, -0.1) is 0 Å². The van der Waals surface area contributed by atoms with Crippen LogP contribution in [0.25, 0.3) is 11.1 Å². The first-order chi connectivity index (χ1) is 11.9. The fourth-order valence-corrected chi connectivity index (χ4v) is 3.02. The number of aromatic hydroxyl groups is 1. The Hall–Kier alpha value is -3.07. The Kier molecular flexibility index (Phi) is 4.32. The number of aromatic carboxylic acids is 1. The second kappa shape index (κ2) is 6.44. The molecule has 0 amide bonds. The van der Waals surface area contributed by atoms with E-state index in [9.17, 15) is 15.0 Å². The summed E-state index contributed by atoms with van der Waals surface area (Å²) in [5.74, 6) is -1.34. The van der Waals surface area contributed by atoms with Crippen LogP contribution in [0.2, 0.25) is 0 Å². The van der Waals surface area contributed by atoms with Crippen LogP contribution in [0.3, 0.4) is 0 Å². The Balaban J connectivity index is 2.25. The third-order valence-electron chi connectivity index (χ3n) is 4.64. The molecular formula is C22H20O3. The smallest absolute Gasteiger partial charge is 0.339 e. The van der Waals surface area contributed by atoms with E-state index in [1.54, 1.807) is 6.07 Å². The summed E-state index contributed by atoms with van der Waals surface area (Å²) in [5.41, 5.74) is 2.75. The summed E-state index contributed by atoms with van der Waals surface area (Å²) in [6.07, 6.45) is 0. The third-order valence-corrected chi connectivity index (χ3v) is 4.64. The maximum absolute atomic E-state index is 11.7. The summed E-state index contributed by atoms with van der Waals surface area (Å²) in [6, 6.07) is 22.7. The number of phenols is 1. The molecule has 2 N–H and O–H groups in total. The normalized spacial score (nSPS) is 11.3. The van der Waals surface area contributed by atoms with Gasteiger partial charge < -0.3 is 10.2 Å². The minimum absolute atomic E-state index is 0.0830. The second-order valence-electron chi connectivity index (χ2n) is 6.58. The standard InChI is InChI=1S/C22H20O3/c1-22(2,16-11-7-4-8-12-16)17-13-18(15-9-5-3-6-10-15)20(23)19(14-17)21(24)25/h3-14,23H,1-2H3,(H,24,25). The van der Waals surface area contributed by atoms with Gasteiger partial charge in [-0.3, -0.25) is 0 Å². The summed E-state index contributed by atoms with van der Waals surface area (Å²) in [6.45, 7) is 4.10. The molecule has 3 aromatic carbocycles. The fraction of sp³-hybridized carbons (Fsp3) is 0.136. The van der Waals surface area contributed by atoms with E-state index in [0.29, 0.717) is 5.56 Å². The molecule has 0 aliphatic rings. The van der Waals surface area contributed by atoms with E-state index in [-0.39, 0.29) is 11.3 Å². The van der Waals surface area contributed by atoms with E-state index in [1.807, 2.05) is 66.7 Å². The van der Waals surface area contributed by atoms with Crippen molar-refractivity contribution in [1.82, 2.24) is 0 Å². The largest absolute Gasteiger partial charge is 0.506 e. The predicted molar refractivity (Wildman–Crippen MR) is 99.1 cm³/mol. The topological polar surface area (TPSA) is 57.5 Å². The highest BCUT2D eigenvalue weighted by Crippen LogP contribution is 2.39. The molecule has 126 valence electrons. The fourth-order valence-electron chi connectivity index (χ4n) is 3.02. The first kappa shape index (κ1) is 16.8. The van der Waals surface area contributed by atoms with Gasteiger partial charge in [-0.1, -0.05) is 74.5 Å². The van der Waals surface area contributed by atoms with Crippen LogP contribution in [0, 0.1) is 0 Å². The van der Waals surface area contributed by atoms with Crippen LogP contribution < -0.4 is 0 Å². The summed E-state index contributed by atoms with van der Waals surface area (Å²) >= 11 is 0. The molecule has 0 saturated carbocycles. The molecule has 0 aromatic heterocycles. The van der Waals surface area contributed by atoms with E-state index in [4.69, 9.17) is 0 Å². The van der Waals surface area contributed by atoms with Gasteiger partial charge in [0.2, 0.25) is 0 Å². The molecule has 3 heteroatoms. The first-order valence-corrected chi connectivity index (χ1v) is 8.13. The van der Waals surface area contributed by atoms with Crippen LogP contribution in [-0.4, -0.2) is 16.2 Å². The van der Waals surface area contributed by atoms with E-state index in [1.165, 1.54) is 0 Å². The van der Waals surface area contributed by atoms with Crippen LogP contribution in [0.15, 0.2) is 72.8 Å². The molecule has 0 radical (unpaired) electrons. The Morgan fingerprint density at radius 3 is 1.96 bits per heavy atom. The second-order valence-corrected chi connectivity index (χ2v) is 6.58. The SMILES string of the molecule is CC(C)(c1ccccc1)c1cc(C(=O)O)c(O)c(-c2ccccc2)c1. The van der Waals surface area contributed by atoms with Gasteiger partial charge in [-0.2, -0.15) is 0 Å². The summed E-state index contributed by atoms with van der Waals surface area (Å²) in [5, 5.41) is 20.0. The van der Waals surface area contributed by atoms with Crippen LogP contribution in [0.1, 0.15) is 35.3 Å². The summed E-state index contributed by atoms with van der Waals surface area (Å²) in [4.78, 5) is 11.7.